The Balaban J connectivity index is 3.52. The van der Waals surface area contributed by atoms with Crippen molar-refractivity contribution in [1.82, 2.24) is 5.32 Å². The summed E-state index contributed by atoms with van der Waals surface area (Å²) in [7, 11) is -1.14. The van der Waals surface area contributed by atoms with E-state index < -0.39 is 9.84 Å². The van der Waals surface area contributed by atoms with E-state index in [1.165, 1.54) is 6.26 Å². The van der Waals surface area contributed by atoms with Crippen LogP contribution in [0.15, 0.2) is 0 Å². The van der Waals surface area contributed by atoms with Crippen LogP contribution in [0.3, 0.4) is 0 Å². The number of ether oxygens (including phenoxy) is 1. The Morgan fingerprint density at radius 2 is 2.07 bits per heavy atom. The molecule has 0 saturated carbocycles. The fraction of sp³-hybridized carbons (Fsp3) is 1.00. The van der Waals surface area contributed by atoms with E-state index in [9.17, 15) is 8.42 Å². The highest BCUT2D eigenvalue weighted by Crippen LogP contribution is 1.93. The van der Waals surface area contributed by atoms with Gasteiger partial charge in [-0.1, -0.05) is 6.92 Å². The fourth-order valence-corrected chi connectivity index (χ4v) is 1.83. The van der Waals surface area contributed by atoms with Crippen LogP contribution in [0, 0.1) is 0 Å². The molecule has 1 N–H and O–H groups in total. The minimum absolute atomic E-state index is 0.253. The van der Waals surface area contributed by atoms with Crippen LogP contribution in [0.4, 0.5) is 0 Å². The third kappa shape index (κ3) is 8.47. The normalized spacial score (nSPS) is 14.2. The van der Waals surface area contributed by atoms with Gasteiger partial charge in [-0.25, -0.2) is 8.42 Å². The van der Waals surface area contributed by atoms with Gasteiger partial charge < -0.3 is 10.1 Å². The molecule has 1 atom stereocenters. The van der Waals surface area contributed by atoms with Crippen LogP contribution in [0.5, 0.6) is 0 Å². The number of sulfone groups is 1. The van der Waals surface area contributed by atoms with Crippen molar-refractivity contribution >= 4 is 9.84 Å². The van der Waals surface area contributed by atoms with E-state index in [4.69, 9.17) is 4.74 Å². The Hall–Kier alpha value is -0.130. The Labute approximate surface area is 86.9 Å². The molecule has 0 aliphatic heterocycles. The molecule has 0 aromatic heterocycles. The van der Waals surface area contributed by atoms with E-state index in [-0.39, 0.29) is 5.75 Å². The van der Waals surface area contributed by atoms with Crippen LogP contribution in [0.2, 0.25) is 0 Å². The van der Waals surface area contributed by atoms with Crippen molar-refractivity contribution in [3.05, 3.63) is 0 Å². The lowest BCUT2D eigenvalue weighted by atomic mass is 10.2. The van der Waals surface area contributed by atoms with E-state index >= 15 is 0 Å². The molecule has 0 spiro atoms. The van der Waals surface area contributed by atoms with E-state index in [0.29, 0.717) is 19.1 Å². The van der Waals surface area contributed by atoms with Crippen LogP contribution >= 0.6 is 0 Å². The van der Waals surface area contributed by atoms with E-state index in [2.05, 4.69) is 12.2 Å². The molecule has 0 fully saturated rings. The quantitative estimate of drug-likeness (QED) is 0.607. The molecule has 0 aliphatic carbocycles. The van der Waals surface area contributed by atoms with Crippen LogP contribution in [0.25, 0.3) is 0 Å². The van der Waals surface area contributed by atoms with Crippen molar-refractivity contribution in [1.29, 1.82) is 0 Å². The molecular formula is C9H21NO3S. The Morgan fingerprint density at radius 1 is 1.43 bits per heavy atom. The van der Waals surface area contributed by atoms with E-state index in [1.807, 2.05) is 0 Å². The first-order valence-electron chi connectivity index (χ1n) is 4.89. The van der Waals surface area contributed by atoms with Crippen LogP contribution < -0.4 is 5.32 Å². The highest BCUT2D eigenvalue weighted by atomic mass is 32.2. The summed E-state index contributed by atoms with van der Waals surface area (Å²) >= 11 is 0. The summed E-state index contributed by atoms with van der Waals surface area (Å²) in [5.74, 6) is 0.253. The predicted molar refractivity (Wildman–Crippen MR) is 58.3 cm³/mol. The lowest BCUT2D eigenvalue weighted by Crippen LogP contribution is -2.33. The lowest BCUT2D eigenvalue weighted by Gasteiger charge is -2.15. The Kier molecular flexibility index (Phi) is 7.13. The Bertz CT molecular complexity index is 226. The van der Waals surface area contributed by atoms with Gasteiger partial charge in [-0.05, 0) is 19.4 Å². The van der Waals surface area contributed by atoms with Gasteiger partial charge in [-0.15, -0.1) is 0 Å². The molecule has 0 saturated heterocycles. The summed E-state index contributed by atoms with van der Waals surface area (Å²) < 4.78 is 26.6. The van der Waals surface area contributed by atoms with Crippen molar-refractivity contribution in [2.45, 2.75) is 25.8 Å². The number of methoxy groups -OCH3 is 1. The van der Waals surface area contributed by atoms with Gasteiger partial charge in [0.1, 0.15) is 9.84 Å². The zero-order valence-corrected chi connectivity index (χ0v) is 10.1. The third-order valence-electron chi connectivity index (χ3n) is 1.99. The Morgan fingerprint density at radius 3 is 2.50 bits per heavy atom. The molecule has 0 aromatic carbocycles. The fourth-order valence-electron chi connectivity index (χ4n) is 1.16. The molecule has 0 amide bonds. The van der Waals surface area contributed by atoms with Crippen molar-refractivity contribution in [3.63, 3.8) is 0 Å². The largest absolute Gasteiger partial charge is 0.383 e. The highest BCUT2D eigenvalue weighted by Gasteiger charge is 2.05. The lowest BCUT2D eigenvalue weighted by molar-refractivity contribution is 0.164. The van der Waals surface area contributed by atoms with Crippen LogP contribution in [-0.2, 0) is 14.6 Å². The van der Waals surface area contributed by atoms with E-state index in [0.717, 1.165) is 13.0 Å². The zero-order valence-electron chi connectivity index (χ0n) is 9.25. The second kappa shape index (κ2) is 7.20. The van der Waals surface area contributed by atoms with Gasteiger partial charge in [-0.3, -0.25) is 0 Å². The van der Waals surface area contributed by atoms with Gasteiger partial charge in [0.15, 0.2) is 0 Å². The summed E-state index contributed by atoms with van der Waals surface area (Å²) in [6, 6.07) is 0.333. The summed E-state index contributed by atoms with van der Waals surface area (Å²) in [4.78, 5) is 0. The van der Waals surface area contributed by atoms with Crippen LogP contribution in [0.1, 0.15) is 19.8 Å². The first-order chi connectivity index (χ1) is 6.49. The molecule has 0 aromatic rings. The van der Waals surface area contributed by atoms with Gasteiger partial charge in [0.25, 0.3) is 0 Å². The van der Waals surface area contributed by atoms with Gasteiger partial charge in [-0.2, -0.15) is 0 Å². The smallest absolute Gasteiger partial charge is 0.147 e. The molecule has 86 valence electrons. The average Bonchev–Trinajstić information content (AvgIpc) is 2.08. The molecule has 0 aliphatic rings. The standard InChI is InChI=1S/C9H21NO3S/c1-4-9(8-13-2)10-6-5-7-14(3,11)12/h9-10H,4-8H2,1-3H3. The molecule has 0 heterocycles. The maximum atomic E-state index is 10.8. The number of hydrogen-bond acceptors (Lipinski definition) is 4. The predicted octanol–water partition coefficient (Wildman–Crippen LogP) is 0.436. The van der Waals surface area contributed by atoms with Gasteiger partial charge in [0.05, 0.1) is 12.4 Å². The molecule has 0 radical (unpaired) electrons. The summed E-state index contributed by atoms with van der Waals surface area (Å²) in [6.07, 6.45) is 2.92. The number of nitrogens with one attached hydrogen (secondary N) is 1. The van der Waals surface area contributed by atoms with Gasteiger partial charge in [0.2, 0.25) is 0 Å². The minimum atomic E-state index is -2.81. The third-order valence-corrected chi connectivity index (χ3v) is 3.02. The molecular weight excluding hydrogens is 202 g/mol. The van der Waals surface area contributed by atoms with E-state index in [1.54, 1.807) is 7.11 Å². The minimum Gasteiger partial charge on any atom is -0.383 e. The molecule has 5 heteroatoms. The summed E-state index contributed by atoms with van der Waals surface area (Å²) in [5.41, 5.74) is 0. The summed E-state index contributed by atoms with van der Waals surface area (Å²) in [6.45, 7) is 3.48. The second-order valence-electron chi connectivity index (χ2n) is 3.50. The monoisotopic (exact) mass is 223 g/mol. The molecule has 14 heavy (non-hydrogen) atoms. The molecule has 0 bridgehead atoms. The van der Waals surface area contributed by atoms with Gasteiger partial charge >= 0.3 is 0 Å². The number of rotatable bonds is 8. The maximum absolute atomic E-state index is 10.8. The second-order valence-corrected chi connectivity index (χ2v) is 5.76. The SMILES string of the molecule is CCC(COC)NCCCS(C)(=O)=O. The van der Waals surface area contributed by atoms with Crippen molar-refractivity contribution in [2.75, 3.05) is 32.3 Å². The summed E-state index contributed by atoms with van der Waals surface area (Å²) in [5, 5.41) is 3.25. The highest BCUT2D eigenvalue weighted by molar-refractivity contribution is 7.90. The maximum Gasteiger partial charge on any atom is 0.147 e. The average molecular weight is 223 g/mol. The zero-order chi connectivity index (χ0) is 11.0. The van der Waals surface area contributed by atoms with Crippen molar-refractivity contribution in [3.8, 4) is 0 Å². The van der Waals surface area contributed by atoms with Crippen molar-refractivity contribution in [2.24, 2.45) is 0 Å². The van der Waals surface area contributed by atoms with Gasteiger partial charge in [0, 0.05) is 19.4 Å². The topological polar surface area (TPSA) is 55.4 Å². The first-order valence-corrected chi connectivity index (χ1v) is 6.95. The van der Waals surface area contributed by atoms with Crippen LogP contribution in [-0.4, -0.2) is 46.7 Å². The molecule has 4 nitrogen and oxygen atoms in total. The molecule has 1 unspecified atom stereocenters. The van der Waals surface area contributed by atoms with Crippen molar-refractivity contribution < 1.29 is 13.2 Å². The molecule has 0 rings (SSSR count). The first kappa shape index (κ1) is 13.9. The number of hydrogen-bond donors (Lipinski definition) is 1.